The Kier molecular flexibility index (Phi) is 0.571. The van der Waals surface area contributed by atoms with Crippen LogP contribution >= 0.6 is 0 Å². The lowest BCUT2D eigenvalue weighted by molar-refractivity contribution is 0.788. The van der Waals surface area contributed by atoms with Crippen LogP contribution in [0.4, 0.5) is 0 Å². The molecule has 2 unspecified atom stereocenters. The second kappa shape index (κ2) is 1.03. The van der Waals surface area contributed by atoms with E-state index in [1.165, 1.54) is 12.8 Å². The van der Waals surface area contributed by atoms with Crippen LogP contribution in [0.3, 0.4) is 0 Å². The zero-order chi connectivity index (χ0) is 4.85. The molecule has 40 valence electrons. The van der Waals surface area contributed by atoms with Crippen molar-refractivity contribution in [2.45, 2.75) is 31.8 Å². The van der Waals surface area contributed by atoms with Gasteiger partial charge in [0.1, 0.15) is 0 Å². The summed E-state index contributed by atoms with van der Waals surface area (Å²) in [4.78, 5) is 0. The third kappa shape index (κ3) is 0.556. The number of hydrogen-bond acceptors (Lipinski definition) is 1. The van der Waals surface area contributed by atoms with E-state index < -0.39 is 0 Å². The lowest BCUT2D eigenvalue weighted by Gasteiger charge is -1.79. The Morgan fingerprint density at radius 2 is 2.00 bits per heavy atom. The van der Waals surface area contributed by atoms with E-state index in [0.29, 0.717) is 0 Å². The van der Waals surface area contributed by atoms with Gasteiger partial charge in [0.25, 0.3) is 0 Å². The average molecular weight is 97.2 g/mol. The monoisotopic (exact) mass is 97.1 g/mol. The van der Waals surface area contributed by atoms with E-state index in [0.717, 1.165) is 18.0 Å². The van der Waals surface area contributed by atoms with Crippen LogP contribution in [0.5, 0.6) is 0 Å². The first-order valence-electron chi connectivity index (χ1n) is 3.14. The molecule has 1 heteroatoms. The predicted octanol–water partition coefficient (Wildman–Crippen LogP) is 0.757. The van der Waals surface area contributed by atoms with Crippen molar-refractivity contribution >= 4 is 0 Å². The largest absolute Gasteiger partial charge is 0.308 e. The summed E-state index contributed by atoms with van der Waals surface area (Å²) in [7, 11) is 0. The van der Waals surface area contributed by atoms with Crippen molar-refractivity contribution in [3.63, 3.8) is 0 Å². The van der Waals surface area contributed by atoms with Crippen LogP contribution in [-0.4, -0.2) is 12.1 Å². The lowest BCUT2D eigenvalue weighted by atomic mass is 10.2. The second-order valence-electron chi connectivity index (χ2n) is 2.82. The smallest absolute Gasteiger partial charge is 0.0249 e. The Morgan fingerprint density at radius 3 is 2.14 bits per heavy atom. The van der Waals surface area contributed by atoms with Crippen molar-refractivity contribution in [1.82, 2.24) is 5.32 Å². The summed E-state index contributed by atoms with van der Waals surface area (Å²) < 4.78 is 0. The molecule has 1 aliphatic heterocycles. The zero-order valence-electron chi connectivity index (χ0n) is 4.65. The molecule has 0 bridgehead atoms. The molecule has 0 aromatic rings. The highest BCUT2D eigenvalue weighted by Gasteiger charge is 2.43. The third-order valence-corrected chi connectivity index (χ3v) is 2.01. The normalized spacial score (nSPS) is 49.3. The van der Waals surface area contributed by atoms with Gasteiger partial charge in [0.15, 0.2) is 0 Å². The zero-order valence-corrected chi connectivity index (χ0v) is 4.65. The Bertz CT molecular complexity index is 86.2. The fraction of sp³-hybridized carbons (Fsp3) is 1.00. The van der Waals surface area contributed by atoms with Crippen molar-refractivity contribution in [1.29, 1.82) is 0 Å². The summed E-state index contributed by atoms with van der Waals surface area (Å²) >= 11 is 0. The molecule has 1 N–H and O–H groups in total. The Morgan fingerprint density at radius 1 is 1.43 bits per heavy atom. The summed E-state index contributed by atoms with van der Waals surface area (Å²) in [6, 6.07) is 1.78. The summed E-state index contributed by atoms with van der Waals surface area (Å²) in [6.45, 7) is 2.27. The van der Waals surface area contributed by atoms with Gasteiger partial charge in [0, 0.05) is 12.1 Å². The first-order valence-corrected chi connectivity index (χ1v) is 3.14. The van der Waals surface area contributed by atoms with Crippen molar-refractivity contribution in [2.24, 2.45) is 5.92 Å². The van der Waals surface area contributed by atoms with Gasteiger partial charge in [0.05, 0.1) is 0 Å². The molecule has 0 spiro atoms. The van der Waals surface area contributed by atoms with Crippen LogP contribution in [0.15, 0.2) is 0 Å². The van der Waals surface area contributed by atoms with Gasteiger partial charge in [-0.15, -0.1) is 0 Å². The van der Waals surface area contributed by atoms with Crippen molar-refractivity contribution in [3.05, 3.63) is 0 Å². The molecule has 2 aliphatic rings. The van der Waals surface area contributed by atoms with Gasteiger partial charge in [-0.3, -0.25) is 0 Å². The predicted molar refractivity (Wildman–Crippen MR) is 29.1 cm³/mol. The molecular weight excluding hydrogens is 86.1 g/mol. The van der Waals surface area contributed by atoms with Crippen LogP contribution in [0.2, 0.25) is 0 Å². The number of hydrogen-bond donors (Lipinski definition) is 1. The van der Waals surface area contributed by atoms with Gasteiger partial charge in [-0.05, 0) is 25.7 Å². The maximum Gasteiger partial charge on any atom is 0.0249 e. The molecule has 7 heavy (non-hydrogen) atoms. The Hall–Kier alpha value is -0.0400. The maximum atomic E-state index is 3.39. The molecule has 0 radical (unpaired) electrons. The molecule has 0 aromatic heterocycles. The minimum absolute atomic E-state index is 0.854. The lowest BCUT2D eigenvalue weighted by Crippen LogP contribution is -1.91. The maximum absolute atomic E-state index is 3.39. The fourth-order valence-electron chi connectivity index (χ4n) is 1.25. The summed E-state index contributed by atoms with van der Waals surface area (Å²) in [5, 5.41) is 3.39. The molecule has 0 amide bonds. The van der Waals surface area contributed by atoms with Gasteiger partial charge in [-0.2, -0.15) is 0 Å². The SMILES string of the molecule is CC1NC1C1CC1. The molecule has 1 aliphatic carbocycles. The van der Waals surface area contributed by atoms with E-state index in [9.17, 15) is 0 Å². The molecule has 1 saturated carbocycles. The van der Waals surface area contributed by atoms with Gasteiger partial charge >= 0.3 is 0 Å². The third-order valence-electron chi connectivity index (χ3n) is 2.01. The van der Waals surface area contributed by atoms with Gasteiger partial charge in [0.2, 0.25) is 0 Å². The van der Waals surface area contributed by atoms with E-state index >= 15 is 0 Å². The minimum Gasteiger partial charge on any atom is -0.308 e. The van der Waals surface area contributed by atoms with Gasteiger partial charge in [-0.25, -0.2) is 0 Å². The fourth-order valence-corrected chi connectivity index (χ4v) is 1.25. The molecule has 1 heterocycles. The molecule has 2 atom stereocenters. The summed E-state index contributed by atoms with van der Waals surface area (Å²) in [6.07, 6.45) is 2.98. The highest BCUT2D eigenvalue weighted by molar-refractivity contribution is 5.03. The average Bonchev–Trinajstić information content (AvgIpc) is 2.23. The van der Waals surface area contributed by atoms with E-state index in [4.69, 9.17) is 0 Å². The highest BCUT2D eigenvalue weighted by Crippen LogP contribution is 2.39. The van der Waals surface area contributed by atoms with E-state index in [1.807, 2.05) is 0 Å². The van der Waals surface area contributed by atoms with E-state index in [2.05, 4.69) is 12.2 Å². The Labute approximate surface area is 44.1 Å². The topological polar surface area (TPSA) is 21.9 Å². The highest BCUT2D eigenvalue weighted by atomic mass is 15.2. The van der Waals surface area contributed by atoms with E-state index in [1.54, 1.807) is 0 Å². The van der Waals surface area contributed by atoms with Crippen LogP contribution in [0.1, 0.15) is 19.8 Å². The number of nitrogens with one attached hydrogen (secondary N) is 1. The molecule has 2 fully saturated rings. The van der Waals surface area contributed by atoms with Crippen LogP contribution < -0.4 is 5.32 Å². The quantitative estimate of drug-likeness (QED) is 0.479. The van der Waals surface area contributed by atoms with Crippen LogP contribution in [0, 0.1) is 5.92 Å². The van der Waals surface area contributed by atoms with Crippen LogP contribution in [-0.2, 0) is 0 Å². The minimum atomic E-state index is 0.854. The van der Waals surface area contributed by atoms with E-state index in [-0.39, 0.29) is 0 Å². The molecule has 1 saturated heterocycles. The van der Waals surface area contributed by atoms with Gasteiger partial charge in [-0.1, -0.05) is 0 Å². The summed E-state index contributed by atoms with van der Waals surface area (Å²) in [5.74, 6) is 1.08. The van der Waals surface area contributed by atoms with Crippen molar-refractivity contribution in [3.8, 4) is 0 Å². The molecule has 1 nitrogen and oxygen atoms in total. The molecular formula is C6H11N. The van der Waals surface area contributed by atoms with Crippen LogP contribution in [0.25, 0.3) is 0 Å². The van der Waals surface area contributed by atoms with Crippen molar-refractivity contribution < 1.29 is 0 Å². The first kappa shape index (κ1) is 3.90. The van der Waals surface area contributed by atoms with Crippen molar-refractivity contribution in [2.75, 3.05) is 0 Å². The second-order valence-corrected chi connectivity index (χ2v) is 2.82. The molecule has 0 aromatic carbocycles. The van der Waals surface area contributed by atoms with Gasteiger partial charge < -0.3 is 5.32 Å². The standard InChI is InChI=1S/C6H11N/c1-4-6(7-4)5-2-3-5/h4-7H,2-3H2,1H3. The Balaban J connectivity index is 1.88. The first-order chi connectivity index (χ1) is 3.38. The number of rotatable bonds is 1. The molecule has 2 rings (SSSR count). The summed E-state index contributed by atoms with van der Waals surface area (Å²) in [5.41, 5.74) is 0.